The number of alkyl halides is 1. The Morgan fingerprint density at radius 1 is 1.02 bits per heavy atom. The van der Waals surface area contributed by atoms with Crippen LogP contribution in [0.5, 0.6) is 17.2 Å². The number of fused-ring (bicyclic) bond motifs is 1. The molecule has 1 amide bonds. The van der Waals surface area contributed by atoms with Crippen LogP contribution in [-0.4, -0.2) is 61.9 Å². The highest BCUT2D eigenvalue weighted by Crippen LogP contribution is 2.44. The molecule has 2 atom stereocenters. The molecule has 2 saturated heterocycles. The first-order chi connectivity index (χ1) is 23.2. The Kier molecular flexibility index (Phi) is 11.1. The number of benzene rings is 3. The number of ether oxygens (including phenoxy) is 3. The molecular formula is C39H49ClFN3O4. The maximum absolute atomic E-state index is 14.2. The van der Waals surface area contributed by atoms with E-state index in [4.69, 9.17) is 25.8 Å². The lowest BCUT2D eigenvalue weighted by atomic mass is 9.93. The minimum absolute atomic E-state index is 0.115. The highest BCUT2D eigenvalue weighted by molar-refractivity contribution is 6.32. The summed E-state index contributed by atoms with van der Waals surface area (Å²) in [6, 6.07) is 16.8. The van der Waals surface area contributed by atoms with Crippen LogP contribution >= 0.6 is 11.6 Å². The first-order valence-electron chi connectivity index (χ1n) is 17.6. The van der Waals surface area contributed by atoms with E-state index in [-0.39, 0.29) is 18.1 Å². The van der Waals surface area contributed by atoms with Crippen LogP contribution < -0.4 is 24.8 Å². The third-order valence-electron chi connectivity index (χ3n) is 10.0. The number of halogens is 2. The molecule has 0 aromatic heterocycles. The van der Waals surface area contributed by atoms with Crippen molar-refractivity contribution in [2.24, 2.45) is 0 Å². The quantitative estimate of drug-likeness (QED) is 0.170. The van der Waals surface area contributed by atoms with Crippen molar-refractivity contribution >= 4 is 17.5 Å². The van der Waals surface area contributed by atoms with Crippen LogP contribution in [0, 0.1) is 6.92 Å². The Morgan fingerprint density at radius 3 is 2.58 bits per heavy atom. The predicted molar refractivity (Wildman–Crippen MR) is 189 cm³/mol. The molecule has 2 heterocycles. The molecule has 0 saturated carbocycles. The molecule has 2 N–H and O–H groups in total. The Hall–Kier alpha value is -3.33. The fraction of sp³-hybridized carbons (Fsp3) is 0.513. The van der Waals surface area contributed by atoms with Crippen LogP contribution in [0.1, 0.15) is 80.7 Å². The minimum Gasteiger partial charge on any atom is -0.493 e. The maximum atomic E-state index is 14.2. The standard InChI is InChI=1S/C39H49ClFN3O4/c1-4-46-36-23-37(33(40)22-27(36)24-42-25-28-12-15-38(45)43-28)48-35-14-13-31-30(9-5-10-32(31)35)29-8-6-11-34(26(29)2)47-21-7-18-44-19-16-39(3,41)17-20-44/h5-6,8-11,22-23,28,35,42H,4,7,12-21,24-25H2,1-3H3,(H,43,45)/t28-,35-/m0/s1. The third kappa shape index (κ3) is 8.27. The van der Waals surface area contributed by atoms with E-state index in [2.05, 4.69) is 52.8 Å². The van der Waals surface area contributed by atoms with Crippen molar-refractivity contribution in [2.75, 3.05) is 39.4 Å². The third-order valence-corrected chi connectivity index (χ3v) is 10.3. The fourth-order valence-corrected chi connectivity index (χ4v) is 7.46. The van der Waals surface area contributed by atoms with Crippen LogP contribution in [0.3, 0.4) is 0 Å². The van der Waals surface area contributed by atoms with Gasteiger partial charge in [0.25, 0.3) is 0 Å². The summed E-state index contributed by atoms with van der Waals surface area (Å²) < 4.78 is 33.1. The normalized spacial score (nSPS) is 20.4. The Bertz CT molecular complexity index is 1590. The van der Waals surface area contributed by atoms with Crippen LogP contribution in [0.25, 0.3) is 11.1 Å². The van der Waals surface area contributed by atoms with Gasteiger partial charge in [-0.3, -0.25) is 4.79 Å². The number of carbonyl (C=O) groups excluding carboxylic acids is 1. The number of carbonyl (C=O) groups is 1. The summed E-state index contributed by atoms with van der Waals surface area (Å²) in [7, 11) is 0. The summed E-state index contributed by atoms with van der Waals surface area (Å²) in [4.78, 5) is 13.9. The molecule has 3 aromatic rings. The maximum Gasteiger partial charge on any atom is 0.220 e. The molecule has 7 nitrogen and oxygen atoms in total. The predicted octanol–water partition coefficient (Wildman–Crippen LogP) is 7.74. The molecule has 48 heavy (non-hydrogen) atoms. The van der Waals surface area contributed by atoms with Gasteiger partial charge in [0.15, 0.2) is 0 Å². The van der Waals surface area contributed by atoms with E-state index in [1.54, 1.807) is 6.92 Å². The summed E-state index contributed by atoms with van der Waals surface area (Å²) in [6.07, 6.45) is 5.22. The molecule has 0 spiro atoms. The van der Waals surface area contributed by atoms with Gasteiger partial charge >= 0.3 is 0 Å². The second kappa shape index (κ2) is 15.5. The number of rotatable bonds is 14. The van der Waals surface area contributed by atoms with Gasteiger partial charge in [-0.25, -0.2) is 4.39 Å². The van der Waals surface area contributed by atoms with Gasteiger partial charge in [0.2, 0.25) is 5.91 Å². The van der Waals surface area contributed by atoms with Gasteiger partial charge in [-0.15, -0.1) is 0 Å². The lowest BCUT2D eigenvalue weighted by Crippen LogP contribution is -2.40. The zero-order chi connectivity index (χ0) is 33.7. The van der Waals surface area contributed by atoms with Gasteiger partial charge in [-0.05, 0) is 99.2 Å². The number of nitrogens with zero attached hydrogens (tertiary/aromatic N) is 1. The largest absolute Gasteiger partial charge is 0.493 e. The van der Waals surface area contributed by atoms with Gasteiger partial charge in [-0.2, -0.15) is 0 Å². The Morgan fingerprint density at radius 2 is 1.81 bits per heavy atom. The van der Waals surface area contributed by atoms with Crippen molar-refractivity contribution in [3.63, 3.8) is 0 Å². The van der Waals surface area contributed by atoms with Crippen molar-refractivity contribution in [1.82, 2.24) is 15.5 Å². The number of likely N-dealkylation sites (tertiary alicyclic amines) is 1. The second-order valence-electron chi connectivity index (χ2n) is 13.7. The first-order valence-corrected chi connectivity index (χ1v) is 18.0. The van der Waals surface area contributed by atoms with E-state index in [9.17, 15) is 9.18 Å². The van der Waals surface area contributed by atoms with Crippen molar-refractivity contribution in [1.29, 1.82) is 0 Å². The first kappa shape index (κ1) is 34.5. The molecule has 0 radical (unpaired) electrons. The SMILES string of the molecule is CCOc1cc(O[C@H]2CCc3c(-c4cccc(OCCCN5CCC(C)(F)CC5)c4C)cccc32)c(Cl)cc1CNC[C@@H]1CCC(=O)N1. The molecule has 258 valence electrons. The fourth-order valence-electron chi connectivity index (χ4n) is 7.23. The molecule has 3 aliphatic rings. The van der Waals surface area contributed by atoms with Crippen LogP contribution in [0.2, 0.25) is 5.02 Å². The molecule has 0 bridgehead atoms. The number of nitrogens with one attached hydrogen (secondary N) is 2. The van der Waals surface area contributed by atoms with E-state index in [1.165, 1.54) is 22.3 Å². The molecule has 3 aromatic carbocycles. The molecule has 9 heteroatoms. The smallest absolute Gasteiger partial charge is 0.220 e. The number of amides is 1. The molecule has 6 rings (SSSR count). The van der Waals surface area contributed by atoms with Crippen molar-refractivity contribution < 1.29 is 23.4 Å². The van der Waals surface area contributed by atoms with E-state index in [1.807, 2.05) is 25.1 Å². The van der Waals surface area contributed by atoms with Crippen molar-refractivity contribution in [2.45, 2.75) is 90.1 Å². The Labute approximate surface area is 289 Å². The number of piperidine rings is 1. The monoisotopic (exact) mass is 677 g/mol. The average molecular weight is 678 g/mol. The van der Waals surface area contributed by atoms with E-state index >= 15 is 0 Å². The van der Waals surface area contributed by atoms with Crippen LogP contribution in [-0.2, 0) is 17.8 Å². The minimum atomic E-state index is -1.02. The molecule has 0 unspecified atom stereocenters. The van der Waals surface area contributed by atoms with E-state index < -0.39 is 5.67 Å². The van der Waals surface area contributed by atoms with E-state index in [0.717, 1.165) is 67.9 Å². The van der Waals surface area contributed by atoms with Crippen molar-refractivity contribution in [3.8, 4) is 28.4 Å². The number of hydrogen-bond acceptors (Lipinski definition) is 6. The lowest BCUT2D eigenvalue weighted by Gasteiger charge is -2.34. The zero-order valence-electron chi connectivity index (χ0n) is 28.5. The summed E-state index contributed by atoms with van der Waals surface area (Å²) >= 11 is 6.81. The molecule has 1 aliphatic carbocycles. The lowest BCUT2D eigenvalue weighted by molar-refractivity contribution is -0.119. The highest BCUT2D eigenvalue weighted by atomic mass is 35.5. The van der Waals surface area contributed by atoms with Gasteiger partial charge < -0.3 is 29.7 Å². The summed E-state index contributed by atoms with van der Waals surface area (Å²) in [5, 5.41) is 6.99. The highest BCUT2D eigenvalue weighted by Gasteiger charge is 2.30. The van der Waals surface area contributed by atoms with Gasteiger partial charge in [0.1, 0.15) is 29.0 Å². The van der Waals surface area contributed by atoms with Gasteiger partial charge in [-0.1, -0.05) is 41.9 Å². The molecule has 2 fully saturated rings. The summed E-state index contributed by atoms with van der Waals surface area (Å²) in [6.45, 7) is 10.8. The average Bonchev–Trinajstić information content (AvgIpc) is 3.68. The summed E-state index contributed by atoms with van der Waals surface area (Å²) in [5.74, 6) is 2.38. The van der Waals surface area contributed by atoms with E-state index in [0.29, 0.717) is 56.3 Å². The molecular weight excluding hydrogens is 629 g/mol. The zero-order valence-corrected chi connectivity index (χ0v) is 29.3. The van der Waals surface area contributed by atoms with Crippen LogP contribution in [0.15, 0.2) is 48.5 Å². The summed E-state index contributed by atoms with van der Waals surface area (Å²) in [5.41, 5.74) is 5.94. The second-order valence-corrected chi connectivity index (χ2v) is 14.1. The van der Waals surface area contributed by atoms with Gasteiger partial charge in [0.05, 0.1) is 18.2 Å². The van der Waals surface area contributed by atoms with Crippen LogP contribution in [0.4, 0.5) is 4.39 Å². The molecule has 2 aliphatic heterocycles. The number of hydrogen-bond donors (Lipinski definition) is 2. The Balaban J connectivity index is 1.10. The topological polar surface area (TPSA) is 72.1 Å². The van der Waals surface area contributed by atoms with Gasteiger partial charge in [0, 0.05) is 56.8 Å². The van der Waals surface area contributed by atoms with Crippen molar-refractivity contribution in [3.05, 3.63) is 75.8 Å².